The first-order valence-electron chi connectivity index (χ1n) is 18.8. The van der Waals surface area contributed by atoms with Crippen molar-refractivity contribution in [3.63, 3.8) is 0 Å². The fourth-order valence-corrected chi connectivity index (χ4v) is 12.5. The molecule has 13 nitrogen and oxygen atoms in total. The van der Waals surface area contributed by atoms with E-state index in [4.69, 9.17) is 23.7 Å². The zero-order chi connectivity index (χ0) is 38.8. The molecule has 2 fully saturated rings. The van der Waals surface area contributed by atoms with Crippen molar-refractivity contribution < 1.29 is 42.8 Å². The highest BCUT2D eigenvalue weighted by molar-refractivity contribution is 7.99. The second-order valence-corrected chi connectivity index (χ2v) is 16.6. The number of aromatic nitrogens is 1. The van der Waals surface area contributed by atoms with Crippen LogP contribution in [-0.2, 0) is 27.9 Å². The Kier molecular flexibility index (Phi) is 8.15. The summed E-state index contributed by atoms with van der Waals surface area (Å²) in [5.41, 5.74) is 5.32. The number of hydrogen-bond donors (Lipinski definition) is 3. The Hall–Kier alpha value is -4.85. The van der Waals surface area contributed by atoms with Gasteiger partial charge in [0.25, 0.3) is 0 Å². The van der Waals surface area contributed by atoms with Crippen LogP contribution in [0.1, 0.15) is 62.0 Å². The van der Waals surface area contributed by atoms with Crippen molar-refractivity contribution in [3.8, 4) is 34.8 Å². The number of aromatic amines is 1. The molecule has 1 aromatic heterocycles. The molecular weight excluding hydrogens is 742 g/mol. The molecule has 0 radical (unpaired) electrons. The molecular formula is C41H40FN5O8S. The number of halogens is 1. The number of nitrogens with one attached hydrogen (secondary N) is 2. The maximum absolute atomic E-state index is 14.8. The number of phenolic OH excluding ortho intramolecular Hbond substituents is 1. The molecule has 0 saturated carbocycles. The van der Waals surface area contributed by atoms with Crippen molar-refractivity contribution in [1.29, 1.82) is 5.26 Å². The zero-order valence-electron chi connectivity index (χ0n) is 31.2. The van der Waals surface area contributed by atoms with E-state index in [0.29, 0.717) is 58.9 Å². The van der Waals surface area contributed by atoms with Crippen LogP contribution in [0, 0.1) is 25.2 Å². The smallest absolute Gasteiger partial charge is 0.500 e. The Morgan fingerprint density at radius 3 is 2.75 bits per heavy atom. The van der Waals surface area contributed by atoms with Gasteiger partial charge in [-0.25, -0.2) is 4.79 Å². The number of carbonyl (C=O) groups excluding carboxylic acids is 2. The standard InChI is InChI=1S/C41H40FN5O8S/c1-18-11-20-12-24-25(13-43)47-26-14-52-15-27(48)41(39-22(9-10-44-41)21-7-5-6-8-23(21)45-39)16-56-38(32(47)31(46(24)3)28(20)33(49)34(18)51-4)30-29(26)37-36(53-17-54-37)19(2)35(30)55-40(42)50/h5-8,11,24-26,31-32,38,44-45,49H,9-10,12,14-17H2,1-4H3/t24-,25-,26-,31+,32?,38+,41-/m0/s1. The third-order valence-corrected chi connectivity index (χ3v) is 14.5. The van der Waals surface area contributed by atoms with E-state index in [1.165, 1.54) is 18.9 Å². The molecule has 7 aliphatic rings. The SMILES string of the molecule is COc1c(C)cc2c(c1O)[C@@H]1C3[C@@H]4SC[C@]5(NCCc6c5[nH]c5ccccc65)C(=O)COC[C@@H](c5c6c(c(C)c(OC(=O)F)c54)OCO6)N3[C@@H](C#N)[C@H](C2)N1C. The number of aryl methyl sites for hydroxylation is 1. The van der Waals surface area contributed by atoms with Crippen LogP contribution in [0.4, 0.5) is 9.18 Å². The number of likely N-dealkylation sites (N-methyl/N-ethyl adjacent to an activating group) is 1. The Balaban J connectivity index is 1.26. The minimum Gasteiger partial charge on any atom is -0.504 e. The van der Waals surface area contributed by atoms with Crippen molar-refractivity contribution in [3.05, 3.63) is 75.0 Å². The van der Waals surface area contributed by atoms with E-state index in [0.717, 1.165) is 33.3 Å². The summed E-state index contributed by atoms with van der Waals surface area (Å²) >= 11 is 1.47. The van der Waals surface area contributed by atoms with Crippen LogP contribution in [-0.4, -0.2) is 96.5 Å². The highest BCUT2D eigenvalue weighted by Gasteiger charge is 2.61. The van der Waals surface area contributed by atoms with E-state index in [1.54, 1.807) is 6.92 Å². The summed E-state index contributed by atoms with van der Waals surface area (Å²) in [7, 11) is 3.49. The Morgan fingerprint density at radius 1 is 1.16 bits per heavy atom. The van der Waals surface area contributed by atoms with Crippen LogP contribution < -0.4 is 24.3 Å². The molecule has 56 heavy (non-hydrogen) atoms. The number of methoxy groups -OCH3 is 1. The van der Waals surface area contributed by atoms with Crippen LogP contribution in [0.15, 0.2) is 30.3 Å². The monoisotopic (exact) mass is 781 g/mol. The lowest BCUT2D eigenvalue weighted by Gasteiger charge is -2.61. The van der Waals surface area contributed by atoms with Gasteiger partial charge in [0, 0.05) is 63.2 Å². The summed E-state index contributed by atoms with van der Waals surface area (Å²) in [5.74, 6) is 1.13. The molecule has 4 aromatic rings. The van der Waals surface area contributed by atoms with E-state index >= 15 is 0 Å². The number of phenols is 1. The summed E-state index contributed by atoms with van der Waals surface area (Å²) in [5, 5.41) is 27.2. The molecule has 0 amide bonds. The van der Waals surface area contributed by atoms with Gasteiger partial charge in [-0.2, -0.15) is 5.26 Å². The molecule has 1 unspecified atom stereocenters. The van der Waals surface area contributed by atoms with Gasteiger partial charge in [0.1, 0.15) is 23.9 Å². The van der Waals surface area contributed by atoms with E-state index < -0.39 is 41.2 Å². The number of Topliss-reactive ketones (excluding diaryl/α,β-unsaturated/α-hetero) is 1. The predicted molar refractivity (Wildman–Crippen MR) is 202 cm³/mol. The van der Waals surface area contributed by atoms with Crippen molar-refractivity contribution in [2.45, 2.75) is 67.7 Å². The summed E-state index contributed by atoms with van der Waals surface area (Å²) in [6, 6.07) is 9.77. The molecule has 4 bridgehead atoms. The van der Waals surface area contributed by atoms with Gasteiger partial charge in [-0.1, -0.05) is 24.3 Å². The largest absolute Gasteiger partial charge is 0.504 e. The number of rotatable bonds is 2. The lowest BCUT2D eigenvalue weighted by Crippen LogP contribution is -2.69. The van der Waals surface area contributed by atoms with Crippen LogP contribution in [0.5, 0.6) is 28.7 Å². The molecule has 11 rings (SSSR count). The molecule has 2 saturated heterocycles. The number of hydrogen-bond acceptors (Lipinski definition) is 13. The fourth-order valence-electron chi connectivity index (χ4n) is 10.7. The second kappa shape index (κ2) is 12.8. The summed E-state index contributed by atoms with van der Waals surface area (Å²) < 4.78 is 44.6. The predicted octanol–water partition coefficient (Wildman–Crippen LogP) is 5.34. The number of nitriles is 1. The highest BCUT2D eigenvalue weighted by Crippen LogP contribution is 2.64. The van der Waals surface area contributed by atoms with Crippen molar-refractivity contribution in [1.82, 2.24) is 20.1 Å². The van der Waals surface area contributed by atoms with Gasteiger partial charge in [-0.05, 0) is 56.5 Å². The highest BCUT2D eigenvalue weighted by atomic mass is 32.2. The van der Waals surface area contributed by atoms with Crippen LogP contribution in [0.3, 0.4) is 0 Å². The number of H-pyrrole nitrogens is 1. The van der Waals surface area contributed by atoms with Gasteiger partial charge in [0.2, 0.25) is 6.79 Å². The number of ketones is 1. The number of thioether (sulfide) groups is 1. The number of ether oxygens (including phenoxy) is 5. The second-order valence-electron chi connectivity index (χ2n) is 15.5. The molecule has 15 heteroatoms. The van der Waals surface area contributed by atoms with Crippen LogP contribution in [0.25, 0.3) is 10.9 Å². The van der Waals surface area contributed by atoms with E-state index in [-0.39, 0.29) is 49.1 Å². The number of nitrogens with zero attached hydrogens (tertiary/aromatic N) is 3. The molecule has 1 spiro atoms. The average molecular weight is 782 g/mol. The van der Waals surface area contributed by atoms with Crippen LogP contribution >= 0.6 is 11.8 Å². The lowest BCUT2D eigenvalue weighted by atomic mass is 9.71. The van der Waals surface area contributed by atoms with E-state index in [1.807, 2.05) is 38.2 Å². The minimum absolute atomic E-state index is 0.00135. The third kappa shape index (κ3) is 4.73. The minimum atomic E-state index is -1.99. The number of aromatic hydroxyl groups is 1. The molecule has 3 aromatic carbocycles. The number of benzene rings is 3. The van der Waals surface area contributed by atoms with Crippen LogP contribution in [0.2, 0.25) is 0 Å². The Bertz CT molecular complexity index is 2420. The summed E-state index contributed by atoms with van der Waals surface area (Å²) in [4.78, 5) is 35.0. The molecule has 8 heterocycles. The third-order valence-electron chi connectivity index (χ3n) is 13.0. The Labute approximate surface area is 326 Å². The van der Waals surface area contributed by atoms with Crippen molar-refractivity contribution >= 4 is 34.7 Å². The normalized spacial score (nSPS) is 29.2. The number of para-hydroxylation sites is 1. The fraction of sp³-hybridized carbons (Fsp3) is 0.439. The summed E-state index contributed by atoms with van der Waals surface area (Å²) in [6.07, 6.45) is -0.803. The molecule has 7 aliphatic heterocycles. The number of fused-ring (bicyclic) bond motifs is 12. The van der Waals surface area contributed by atoms with E-state index in [9.17, 15) is 24.3 Å². The topological polar surface area (TPSA) is 159 Å². The zero-order valence-corrected chi connectivity index (χ0v) is 32.0. The van der Waals surface area contributed by atoms with Gasteiger partial charge in [-0.3, -0.25) is 19.9 Å². The Morgan fingerprint density at radius 2 is 1.96 bits per heavy atom. The number of carbonyl (C=O) groups is 2. The summed E-state index contributed by atoms with van der Waals surface area (Å²) in [6.45, 7) is 3.71. The maximum Gasteiger partial charge on any atom is 0.500 e. The van der Waals surface area contributed by atoms with Gasteiger partial charge >= 0.3 is 6.22 Å². The van der Waals surface area contributed by atoms with Gasteiger partial charge < -0.3 is 33.8 Å². The van der Waals surface area contributed by atoms with Gasteiger partial charge in [0.05, 0.1) is 37.1 Å². The molecule has 3 N–H and O–H groups in total. The quantitative estimate of drug-likeness (QED) is 0.224. The first kappa shape index (κ1) is 35.6. The van der Waals surface area contributed by atoms with Crippen molar-refractivity contribution in [2.75, 3.05) is 46.5 Å². The first-order valence-corrected chi connectivity index (χ1v) is 19.8. The van der Waals surface area contributed by atoms with E-state index in [2.05, 4.69) is 32.2 Å². The van der Waals surface area contributed by atoms with Gasteiger partial charge in [0.15, 0.2) is 28.8 Å². The molecule has 7 atom stereocenters. The lowest BCUT2D eigenvalue weighted by molar-refractivity contribution is -0.132. The first-order chi connectivity index (χ1) is 27.1. The average Bonchev–Trinajstić information content (AvgIpc) is 3.82. The van der Waals surface area contributed by atoms with Crippen molar-refractivity contribution in [2.24, 2.45) is 0 Å². The maximum atomic E-state index is 14.8. The molecule has 290 valence electrons. The van der Waals surface area contributed by atoms with Gasteiger partial charge in [-0.15, -0.1) is 16.2 Å². The molecule has 0 aliphatic carbocycles. The number of piperazine rings is 1.